The van der Waals surface area contributed by atoms with E-state index in [0.717, 1.165) is 44.0 Å². The second-order valence-corrected chi connectivity index (χ2v) is 9.22. The summed E-state index contributed by atoms with van der Waals surface area (Å²) in [5.74, 6) is 2.38. The van der Waals surface area contributed by atoms with Crippen LogP contribution in [0.25, 0.3) is 0 Å². The fourth-order valence-electron chi connectivity index (χ4n) is 6.10. The second kappa shape index (κ2) is 7.44. The van der Waals surface area contributed by atoms with E-state index in [2.05, 4.69) is 28.9 Å². The number of fused-ring (bicyclic) bond motifs is 3. The van der Waals surface area contributed by atoms with E-state index in [4.69, 9.17) is 4.74 Å². The number of imidazole rings is 1. The summed E-state index contributed by atoms with van der Waals surface area (Å²) in [6.45, 7) is 5.52. The molecule has 0 radical (unpaired) electrons. The first-order valence-corrected chi connectivity index (χ1v) is 11.3. The molecule has 1 aromatic carbocycles. The third-order valence-electron chi connectivity index (χ3n) is 7.46. The molecule has 156 valence electrons. The summed E-state index contributed by atoms with van der Waals surface area (Å²) < 4.78 is 8.03. The van der Waals surface area contributed by atoms with E-state index in [0.29, 0.717) is 6.61 Å². The van der Waals surface area contributed by atoms with Crippen molar-refractivity contribution < 1.29 is 9.84 Å². The number of hydrogen-bond donors (Lipinski definition) is 1. The molecule has 3 atom stereocenters. The van der Waals surface area contributed by atoms with Crippen molar-refractivity contribution >= 4 is 0 Å². The van der Waals surface area contributed by atoms with Crippen molar-refractivity contribution in [2.45, 2.75) is 57.6 Å². The molecule has 3 aliphatic rings. The molecule has 2 heterocycles. The molecule has 5 nitrogen and oxygen atoms in total. The van der Waals surface area contributed by atoms with Crippen LogP contribution in [0, 0.1) is 11.8 Å². The maximum absolute atomic E-state index is 11.8. The monoisotopic (exact) mass is 395 g/mol. The number of benzene rings is 1. The number of aromatic nitrogens is 2. The molecule has 1 N–H and O–H groups in total. The summed E-state index contributed by atoms with van der Waals surface area (Å²) in [6, 6.07) is 4.68. The Morgan fingerprint density at radius 3 is 2.52 bits per heavy atom. The maximum Gasteiger partial charge on any atom is 0.141 e. The number of piperidine rings is 1. The van der Waals surface area contributed by atoms with Crippen LogP contribution in [-0.4, -0.2) is 39.3 Å². The van der Waals surface area contributed by atoms with Gasteiger partial charge < -0.3 is 14.4 Å². The van der Waals surface area contributed by atoms with Crippen molar-refractivity contribution in [1.82, 2.24) is 14.5 Å². The van der Waals surface area contributed by atoms with Crippen molar-refractivity contribution in [3.8, 4) is 5.75 Å². The van der Waals surface area contributed by atoms with Crippen molar-refractivity contribution in [3.63, 3.8) is 0 Å². The lowest BCUT2D eigenvalue weighted by atomic mass is 9.65. The van der Waals surface area contributed by atoms with E-state index in [1.807, 2.05) is 24.0 Å². The van der Waals surface area contributed by atoms with Crippen molar-refractivity contribution in [2.24, 2.45) is 18.9 Å². The molecule has 5 heteroatoms. The Hall–Kier alpha value is -1.85. The summed E-state index contributed by atoms with van der Waals surface area (Å²) in [7, 11) is 2.00. The smallest absolute Gasteiger partial charge is 0.141 e. The highest BCUT2D eigenvalue weighted by molar-refractivity contribution is 5.45. The lowest BCUT2D eigenvalue weighted by Gasteiger charge is -2.52. The summed E-state index contributed by atoms with van der Waals surface area (Å²) in [6.07, 6.45) is 10.7. The van der Waals surface area contributed by atoms with Crippen LogP contribution >= 0.6 is 0 Å². The summed E-state index contributed by atoms with van der Waals surface area (Å²) >= 11 is 0. The molecule has 0 spiro atoms. The molecule has 1 aliphatic heterocycles. The zero-order valence-electron chi connectivity index (χ0n) is 17.7. The Morgan fingerprint density at radius 1 is 1.14 bits per heavy atom. The van der Waals surface area contributed by atoms with Crippen LogP contribution in [0.2, 0.25) is 0 Å². The zero-order chi connectivity index (χ0) is 20.0. The molecule has 2 aromatic rings. The Labute approximate surface area is 173 Å². The van der Waals surface area contributed by atoms with E-state index in [1.54, 1.807) is 0 Å². The van der Waals surface area contributed by atoms with Crippen molar-refractivity contribution in [2.75, 3.05) is 19.7 Å². The quantitative estimate of drug-likeness (QED) is 0.843. The first-order chi connectivity index (χ1) is 14.1. The summed E-state index contributed by atoms with van der Waals surface area (Å²) in [4.78, 5) is 7.10. The third kappa shape index (κ3) is 3.19. The highest BCUT2D eigenvalue weighted by atomic mass is 16.5. The Balaban J connectivity index is 1.41. The number of hydrogen-bond acceptors (Lipinski definition) is 4. The normalized spacial score (nSPS) is 29.1. The minimum atomic E-state index is -0.798. The minimum Gasteiger partial charge on any atom is -0.494 e. The first-order valence-electron chi connectivity index (χ1n) is 11.3. The standard InChI is InChI=1S/C24H33N3O2/c1-3-29-22-13-18-7-4-6-17(18)12-19(22)14-27-15-20-8-5-9-21(16-27)24(20,28)23-25-10-11-26(23)2/h10-13,20-21,28H,3-9,14-16H2,1-2H3/t20-,21+,24?. The van der Waals surface area contributed by atoms with Gasteiger partial charge in [0.1, 0.15) is 17.2 Å². The van der Waals surface area contributed by atoms with Gasteiger partial charge in [0.25, 0.3) is 0 Å². The first kappa shape index (κ1) is 19.1. The zero-order valence-corrected chi connectivity index (χ0v) is 17.7. The molecule has 1 saturated heterocycles. The predicted molar refractivity (Wildman–Crippen MR) is 113 cm³/mol. The van der Waals surface area contributed by atoms with Gasteiger partial charge in [0.05, 0.1) is 6.61 Å². The molecule has 5 rings (SSSR count). The third-order valence-corrected chi connectivity index (χ3v) is 7.46. The Morgan fingerprint density at radius 2 is 1.86 bits per heavy atom. The topological polar surface area (TPSA) is 50.5 Å². The largest absolute Gasteiger partial charge is 0.494 e. The van der Waals surface area contributed by atoms with Crippen molar-refractivity contribution in [1.29, 1.82) is 0 Å². The van der Waals surface area contributed by atoms with E-state index < -0.39 is 5.60 Å². The van der Waals surface area contributed by atoms with E-state index in [-0.39, 0.29) is 11.8 Å². The Bertz CT molecular complexity index is 876. The molecule has 1 saturated carbocycles. The number of aryl methyl sites for hydroxylation is 3. The average molecular weight is 396 g/mol. The number of rotatable bonds is 5. The number of ether oxygens (including phenoxy) is 1. The van der Waals surface area contributed by atoms with Crippen LogP contribution in [0.3, 0.4) is 0 Å². The van der Waals surface area contributed by atoms with E-state index in [9.17, 15) is 5.11 Å². The highest BCUT2D eigenvalue weighted by Crippen LogP contribution is 2.49. The number of nitrogens with zero attached hydrogens (tertiary/aromatic N) is 3. The average Bonchev–Trinajstić information content (AvgIpc) is 3.31. The molecule has 29 heavy (non-hydrogen) atoms. The predicted octanol–water partition coefficient (Wildman–Crippen LogP) is 3.43. The van der Waals surface area contributed by atoms with Gasteiger partial charge in [-0.15, -0.1) is 0 Å². The van der Waals surface area contributed by atoms with Gasteiger partial charge in [-0.1, -0.05) is 12.5 Å². The van der Waals surface area contributed by atoms with Gasteiger partial charge >= 0.3 is 0 Å². The van der Waals surface area contributed by atoms with Gasteiger partial charge in [0, 0.05) is 56.5 Å². The fraction of sp³-hybridized carbons (Fsp3) is 0.625. The molecule has 1 aromatic heterocycles. The second-order valence-electron chi connectivity index (χ2n) is 9.22. The van der Waals surface area contributed by atoms with E-state index in [1.165, 1.54) is 42.4 Å². The molecule has 2 aliphatic carbocycles. The van der Waals surface area contributed by atoms with Crippen LogP contribution < -0.4 is 4.74 Å². The van der Waals surface area contributed by atoms with E-state index >= 15 is 0 Å². The highest BCUT2D eigenvalue weighted by Gasteiger charge is 2.53. The fourth-order valence-corrected chi connectivity index (χ4v) is 6.10. The van der Waals surface area contributed by atoms with Crippen molar-refractivity contribution in [3.05, 3.63) is 47.0 Å². The summed E-state index contributed by atoms with van der Waals surface area (Å²) in [5, 5.41) is 11.8. The van der Waals surface area contributed by atoms with Gasteiger partial charge in [-0.05, 0) is 56.2 Å². The number of aliphatic hydroxyl groups is 1. The van der Waals surface area contributed by atoms with Gasteiger partial charge in [-0.25, -0.2) is 4.98 Å². The van der Waals surface area contributed by atoms with Crippen LogP contribution in [0.15, 0.2) is 24.5 Å². The molecule has 2 bridgehead atoms. The van der Waals surface area contributed by atoms with Crippen LogP contribution in [0.4, 0.5) is 0 Å². The molecule has 0 amide bonds. The molecule has 2 fully saturated rings. The number of likely N-dealkylation sites (tertiary alicyclic amines) is 1. The van der Waals surface area contributed by atoms with Gasteiger partial charge in [-0.2, -0.15) is 0 Å². The SMILES string of the molecule is CCOc1cc2c(cc1CN1C[C@H]3CCC[C@@H](C1)C3(O)c1nccn1C)CCC2. The van der Waals surface area contributed by atoms with Gasteiger partial charge in [0.2, 0.25) is 0 Å². The lowest BCUT2D eigenvalue weighted by molar-refractivity contribution is -0.155. The lowest BCUT2D eigenvalue weighted by Crippen LogP contribution is -2.58. The minimum absolute atomic E-state index is 0.237. The van der Waals surface area contributed by atoms with Gasteiger partial charge in [-0.3, -0.25) is 4.90 Å². The van der Waals surface area contributed by atoms with Crippen LogP contribution in [-0.2, 0) is 32.0 Å². The van der Waals surface area contributed by atoms with Crippen LogP contribution in [0.1, 0.15) is 55.1 Å². The summed E-state index contributed by atoms with van der Waals surface area (Å²) in [5.41, 5.74) is 3.49. The van der Waals surface area contributed by atoms with Crippen LogP contribution in [0.5, 0.6) is 5.75 Å². The molecule has 1 unspecified atom stereocenters. The molecular weight excluding hydrogens is 362 g/mol. The van der Waals surface area contributed by atoms with Gasteiger partial charge in [0.15, 0.2) is 0 Å². The molecular formula is C24H33N3O2. The maximum atomic E-state index is 11.8. The Kier molecular flexibility index (Phi) is 4.91.